The Kier molecular flexibility index (Phi) is 6.38. The van der Waals surface area contributed by atoms with E-state index in [0.29, 0.717) is 0 Å². The minimum absolute atomic E-state index is 0.162. The molecule has 0 saturated heterocycles. The Morgan fingerprint density at radius 1 is 1.22 bits per heavy atom. The highest BCUT2D eigenvalue weighted by molar-refractivity contribution is 5.96. The van der Waals surface area contributed by atoms with Gasteiger partial charge in [-0.25, -0.2) is 4.98 Å². The lowest BCUT2D eigenvalue weighted by atomic mass is 10.1. The lowest BCUT2D eigenvalue weighted by Crippen LogP contribution is -2.24. The molecule has 0 aliphatic heterocycles. The number of carbonyl (C=O) groups is 2. The molecule has 1 heterocycles. The van der Waals surface area contributed by atoms with Crippen molar-refractivity contribution in [2.45, 2.75) is 26.1 Å². The van der Waals surface area contributed by atoms with Crippen molar-refractivity contribution in [1.82, 2.24) is 10.3 Å². The van der Waals surface area contributed by atoms with E-state index in [1.165, 1.54) is 30.5 Å². The van der Waals surface area contributed by atoms with Gasteiger partial charge in [-0.2, -0.15) is 13.2 Å². The first-order chi connectivity index (χ1) is 12.8. The van der Waals surface area contributed by atoms with E-state index in [1.54, 1.807) is 6.92 Å². The number of nitrogens with zero attached hydrogens (tertiary/aromatic N) is 1. The number of carbonyl (C=O) groups excluding carboxylic acids is 2. The second-order valence-electron chi connectivity index (χ2n) is 5.51. The number of para-hydroxylation sites is 1. The van der Waals surface area contributed by atoms with E-state index in [1.807, 2.05) is 0 Å². The van der Waals surface area contributed by atoms with Gasteiger partial charge in [-0.15, -0.1) is 0 Å². The van der Waals surface area contributed by atoms with Gasteiger partial charge in [0.1, 0.15) is 11.6 Å². The zero-order valence-electron chi connectivity index (χ0n) is 14.7. The third-order valence-electron chi connectivity index (χ3n) is 3.66. The van der Waals surface area contributed by atoms with Crippen LogP contribution in [-0.4, -0.2) is 23.9 Å². The maximum atomic E-state index is 13.0. The first-order valence-electron chi connectivity index (χ1n) is 8.03. The molecule has 2 rings (SSSR count). The highest BCUT2D eigenvalue weighted by atomic mass is 19.4. The van der Waals surface area contributed by atoms with Crippen molar-refractivity contribution in [3.05, 3.63) is 53.2 Å². The molecule has 0 saturated carbocycles. The predicted octanol–water partition coefficient (Wildman–Crippen LogP) is 3.39. The third-order valence-corrected chi connectivity index (χ3v) is 3.66. The molecule has 2 aromatic rings. The van der Waals surface area contributed by atoms with Crippen LogP contribution < -0.4 is 15.4 Å². The number of rotatable bonds is 6. The Labute approximate surface area is 153 Å². The number of pyridine rings is 1. The summed E-state index contributed by atoms with van der Waals surface area (Å²) in [6, 6.07) is 6.41. The summed E-state index contributed by atoms with van der Waals surface area (Å²) in [6.45, 7) is 1.51. The molecule has 0 spiro atoms. The third kappa shape index (κ3) is 5.19. The lowest BCUT2D eigenvalue weighted by molar-refractivity contribution is -0.138. The van der Waals surface area contributed by atoms with Crippen molar-refractivity contribution in [3.63, 3.8) is 0 Å². The van der Waals surface area contributed by atoms with Crippen LogP contribution >= 0.6 is 0 Å². The summed E-state index contributed by atoms with van der Waals surface area (Å²) in [5.74, 6) is -0.903. The Bertz CT molecular complexity index is 838. The molecule has 0 atom stereocenters. The number of anilines is 1. The van der Waals surface area contributed by atoms with Gasteiger partial charge in [-0.3, -0.25) is 9.59 Å². The molecule has 2 amide bonds. The van der Waals surface area contributed by atoms with Crippen molar-refractivity contribution in [2.75, 3.05) is 12.4 Å². The van der Waals surface area contributed by atoms with E-state index in [9.17, 15) is 22.8 Å². The first-order valence-corrected chi connectivity index (χ1v) is 8.03. The van der Waals surface area contributed by atoms with Crippen LogP contribution in [0.5, 0.6) is 5.75 Å². The van der Waals surface area contributed by atoms with Crippen LogP contribution in [0, 0.1) is 0 Å². The molecule has 6 nitrogen and oxygen atoms in total. The van der Waals surface area contributed by atoms with Crippen LogP contribution in [0.15, 0.2) is 36.5 Å². The van der Waals surface area contributed by atoms with Crippen LogP contribution in [0.1, 0.15) is 34.8 Å². The average Bonchev–Trinajstić information content (AvgIpc) is 2.65. The Balaban J connectivity index is 2.14. The summed E-state index contributed by atoms with van der Waals surface area (Å²) in [6.07, 6.45) is -2.96. The fourth-order valence-electron chi connectivity index (χ4n) is 2.34. The minimum atomic E-state index is -4.57. The molecule has 0 aliphatic rings. The molecule has 2 N–H and O–H groups in total. The summed E-state index contributed by atoms with van der Waals surface area (Å²) < 4.78 is 44.0. The molecule has 1 aromatic heterocycles. The highest BCUT2D eigenvalue weighted by Crippen LogP contribution is 2.37. The summed E-state index contributed by atoms with van der Waals surface area (Å²) in [5.41, 5.74) is -0.512. The van der Waals surface area contributed by atoms with E-state index in [-0.39, 0.29) is 41.6 Å². The quantitative estimate of drug-likeness (QED) is 0.804. The topological polar surface area (TPSA) is 80.3 Å². The van der Waals surface area contributed by atoms with E-state index >= 15 is 0 Å². The molecule has 0 bridgehead atoms. The minimum Gasteiger partial charge on any atom is -0.496 e. The van der Waals surface area contributed by atoms with Gasteiger partial charge in [0.15, 0.2) is 0 Å². The van der Waals surface area contributed by atoms with Crippen LogP contribution in [0.4, 0.5) is 19.0 Å². The monoisotopic (exact) mass is 381 g/mol. The number of nitrogens with one attached hydrogen (secondary N) is 2. The molecule has 144 valence electrons. The molecule has 0 radical (unpaired) electrons. The second-order valence-corrected chi connectivity index (χ2v) is 5.51. The fourth-order valence-corrected chi connectivity index (χ4v) is 2.34. The Hall–Kier alpha value is -3.10. The van der Waals surface area contributed by atoms with Crippen LogP contribution in [0.2, 0.25) is 0 Å². The molecule has 0 aliphatic carbocycles. The molecule has 0 unspecified atom stereocenters. The number of hydrogen-bond donors (Lipinski definition) is 2. The van der Waals surface area contributed by atoms with Gasteiger partial charge < -0.3 is 15.4 Å². The van der Waals surface area contributed by atoms with E-state index in [2.05, 4.69) is 15.6 Å². The number of benzene rings is 1. The standard InChI is InChI=1S/C18H18F3N3O3/c1-3-15(25)24-14-9-11(7-8-22-14)17(26)23-10-12-5-4-6-13(16(12)27-2)18(19,20)21/h4-9H,3,10H2,1-2H3,(H,23,26)(H,22,24,25). The largest absolute Gasteiger partial charge is 0.496 e. The number of alkyl halides is 3. The van der Waals surface area contributed by atoms with Crippen LogP contribution in [0.25, 0.3) is 0 Å². The van der Waals surface area contributed by atoms with Crippen LogP contribution in [-0.2, 0) is 17.5 Å². The normalized spacial score (nSPS) is 11.0. The van der Waals surface area contributed by atoms with E-state index in [0.717, 1.165) is 13.2 Å². The summed E-state index contributed by atoms with van der Waals surface area (Å²) in [5, 5.41) is 5.06. The van der Waals surface area contributed by atoms with Crippen LogP contribution in [0.3, 0.4) is 0 Å². The van der Waals surface area contributed by atoms with Crippen molar-refractivity contribution in [3.8, 4) is 5.75 Å². The fraction of sp³-hybridized carbons (Fsp3) is 0.278. The van der Waals surface area contributed by atoms with Gasteiger partial charge in [0.25, 0.3) is 5.91 Å². The molecule has 27 heavy (non-hydrogen) atoms. The maximum absolute atomic E-state index is 13.0. The number of hydrogen-bond acceptors (Lipinski definition) is 4. The van der Waals surface area contributed by atoms with Gasteiger partial charge in [0.05, 0.1) is 12.7 Å². The molecular weight excluding hydrogens is 363 g/mol. The Morgan fingerprint density at radius 2 is 1.96 bits per heavy atom. The zero-order valence-corrected chi connectivity index (χ0v) is 14.7. The predicted molar refractivity (Wildman–Crippen MR) is 92.3 cm³/mol. The van der Waals surface area contributed by atoms with Crippen molar-refractivity contribution in [2.24, 2.45) is 0 Å². The smallest absolute Gasteiger partial charge is 0.419 e. The number of halogens is 3. The van der Waals surface area contributed by atoms with Gasteiger partial charge in [0.2, 0.25) is 5.91 Å². The molecule has 9 heteroatoms. The average molecular weight is 381 g/mol. The number of aromatic nitrogens is 1. The first kappa shape index (κ1) is 20.2. The van der Waals surface area contributed by atoms with Gasteiger partial charge in [-0.05, 0) is 18.2 Å². The van der Waals surface area contributed by atoms with Crippen molar-refractivity contribution >= 4 is 17.6 Å². The van der Waals surface area contributed by atoms with Crippen molar-refractivity contribution in [1.29, 1.82) is 0 Å². The molecule has 1 aromatic carbocycles. The lowest BCUT2D eigenvalue weighted by Gasteiger charge is -2.16. The summed E-state index contributed by atoms with van der Waals surface area (Å²) >= 11 is 0. The highest BCUT2D eigenvalue weighted by Gasteiger charge is 2.35. The molecule has 0 fully saturated rings. The maximum Gasteiger partial charge on any atom is 0.419 e. The number of ether oxygens (including phenoxy) is 1. The van der Waals surface area contributed by atoms with E-state index in [4.69, 9.17) is 4.74 Å². The Morgan fingerprint density at radius 3 is 2.59 bits per heavy atom. The van der Waals surface area contributed by atoms with Crippen molar-refractivity contribution < 1.29 is 27.5 Å². The van der Waals surface area contributed by atoms with Gasteiger partial charge in [0, 0.05) is 30.3 Å². The molecular formula is C18H18F3N3O3. The number of amides is 2. The summed E-state index contributed by atoms with van der Waals surface area (Å²) in [7, 11) is 1.14. The number of methoxy groups -OCH3 is 1. The second kappa shape index (κ2) is 8.52. The SMILES string of the molecule is CCC(=O)Nc1cc(C(=O)NCc2cccc(C(F)(F)F)c2OC)ccn1. The zero-order chi connectivity index (χ0) is 20.0. The summed E-state index contributed by atoms with van der Waals surface area (Å²) in [4.78, 5) is 27.6. The van der Waals surface area contributed by atoms with Gasteiger partial charge in [-0.1, -0.05) is 19.1 Å². The van der Waals surface area contributed by atoms with E-state index < -0.39 is 17.6 Å². The van der Waals surface area contributed by atoms with Gasteiger partial charge >= 0.3 is 6.18 Å².